The molecule has 200 valence electrons. The molecule has 1 fully saturated rings. The molecule has 1 heterocycles. The number of para-hydroxylation sites is 1. The molecule has 39 heavy (non-hydrogen) atoms. The minimum absolute atomic E-state index is 0.225. The summed E-state index contributed by atoms with van der Waals surface area (Å²) in [6.45, 7) is 5.71. The molecule has 0 bridgehead atoms. The number of methoxy groups -OCH3 is 1. The number of halogens is 1. The molecule has 1 aliphatic rings. The number of hydrogen-bond acceptors (Lipinski definition) is 6. The van der Waals surface area contributed by atoms with Crippen molar-refractivity contribution in [3.05, 3.63) is 104 Å². The first-order chi connectivity index (χ1) is 18.8. The first-order valence-electron chi connectivity index (χ1n) is 12.1. The number of imide groups is 1. The van der Waals surface area contributed by atoms with Gasteiger partial charge >= 0.3 is 0 Å². The van der Waals surface area contributed by atoms with Crippen molar-refractivity contribution in [1.82, 2.24) is 4.90 Å². The Morgan fingerprint density at radius 3 is 2.56 bits per heavy atom. The van der Waals surface area contributed by atoms with Crippen LogP contribution < -0.4 is 14.8 Å². The zero-order valence-corrected chi connectivity index (χ0v) is 24.5. The van der Waals surface area contributed by atoms with E-state index in [0.717, 1.165) is 36.9 Å². The average Bonchev–Trinajstić information content (AvgIpc) is 3.17. The molecular formula is C30H27IN2O5S. The quantitative estimate of drug-likeness (QED) is 0.151. The fourth-order valence-electron chi connectivity index (χ4n) is 3.96. The molecule has 3 aromatic rings. The Labute approximate surface area is 245 Å². The molecule has 0 atom stereocenters. The number of nitrogens with one attached hydrogen (secondary N) is 1. The normalized spacial score (nSPS) is 14.0. The molecule has 1 aliphatic heterocycles. The second kappa shape index (κ2) is 13.0. The Morgan fingerprint density at radius 1 is 1.13 bits per heavy atom. The maximum Gasteiger partial charge on any atom is 0.294 e. The van der Waals surface area contributed by atoms with Gasteiger partial charge in [-0.25, -0.2) is 0 Å². The zero-order chi connectivity index (χ0) is 27.9. The Balaban J connectivity index is 1.53. The third-order valence-electron chi connectivity index (χ3n) is 5.93. The van der Waals surface area contributed by atoms with Crippen LogP contribution in [0.1, 0.15) is 22.3 Å². The van der Waals surface area contributed by atoms with Gasteiger partial charge in [0.15, 0.2) is 11.5 Å². The van der Waals surface area contributed by atoms with Crippen LogP contribution in [0.3, 0.4) is 0 Å². The van der Waals surface area contributed by atoms with Crippen LogP contribution in [0.25, 0.3) is 6.08 Å². The summed E-state index contributed by atoms with van der Waals surface area (Å²) in [5.74, 6) is 0.127. The number of nitrogens with zero attached hydrogens (tertiary/aromatic N) is 1. The number of carbonyl (C=O) groups excluding carboxylic acids is 3. The summed E-state index contributed by atoms with van der Waals surface area (Å²) in [5.41, 5.74) is 4.04. The van der Waals surface area contributed by atoms with E-state index in [1.165, 1.54) is 0 Å². The average molecular weight is 655 g/mol. The van der Waals surface area contributed by atoms with Gasteiger partial charge in [0, 0.05) is 14.8 Å². The summed E-state index contributed by atoms with van der Waals surface area (Å²) < 4.78 is 12.9. The first-order valence-corrected chi connectivity index (χ1v) is 14.0. The minimum atomic E-state index is -0.520. The molecule has 0 aliphatic carbocycles. The highest BCUT2D eigenvalue weighted by atomic mass is 127. The van der Waals surface area contributed by atoms with Gasteiger partial charge < -0.3 is 14.8 Å². The van der Waals surface area contributed by atoms with Gasteiger partial charge in [0.1, 0.15) is 13.2 Å². The van der Waals surface area contributed by atoms with Gasteiger partial charge in [-0.1, -0.05) is 36.4 Å². The standard InChI is InChI=1S/C30H27IN2O5S/c1-4-7-22-14-21(15-25(37-3)28(22)38-18-20-10-12-23(31)13-11-20)16-26-29(35)33(30(36)39-26)17-27(34)32-24-9-6-5-8-19(24)2/h4-6,8-16H,1,7,17-18H2,2-3H3,(H,32,34)/b26-16+. The molecule has 3 aromatic carbocycles. The number of rotatable bonds is 10. The van der Waals surface area contributed by atoms with Crippen molar-refractivity contribution in [3.63, 3.8) is 0 Å². The lowest BCUT2D eigenvalue weighted by molar-refractivity contribution is -0.127. The van der Waals surface area contributed by atoms with Gasteiger partial charge in [-0.15, -0.1) is 6.58 Å². The lowest BCUT2D eigenvalue weighted by Crippen LogP contribution is -2.36. The van der Waals surface area contributed by atoms with E-state index < -0.39 is 17.1 Å². The Hall–Kier alpha value is -3.57. The number of carbonyl (C=O) groups is 3. The Bertz CT molecular complexity index is 1450. The predicted molar refractivity (Wildman–Crippen MR) is 163 cm³/mol. The van der Waals surface area contributed by atoms with Crippen LogP contribution in [0.2, 0.25) is 0 Å². The highest BCUT2D eigenvalue weighted by Gasteiger charge is 2.36. The van der Waals surface area contributed by atoms with E-state index in [2.05, 4.69) is 34.5 Å². The van der Waals surface area contributed by atoms with Crippen LogP contribution in [0.5, 0.6) is 11.5 Å². The van der Waals surface area contributed by atoms with E-state index in [1.807, 2.05) is 49.4 Å². The molecule has 0 radical (unpaired) electrons. The number of amides is 3. The van der Waals surface area contributed by atoms with Crippen molar-refractivity contribution in [1.29, 1.82) is 0 Å². The third-order valence-corrected chi connectivity index (χ3v) is 7.55. The highest BCUT2D eigenvalue weighted by Crippen LogP contribution is 2.37. The summed E-state index contributed by atoms with van der Waals surface area (Å²) in [4.78, 5) is 39.4. The number of aryl methyl sites for hydroxylation is 1. The van der Waals surface area contributed by atoms with Crippen molar-refractivity contribution in [3.8, 4) is 11.5 Å². The maximum absolute atomic E-state index is 13.1. The van der Waals surface area contributed by atoms with Crippen molar-refractivity contribution >= 4 is 63.2 Å². The summed E-state index contributed by atoms with van der Waals surface area (Å²) in [6.07, 6.45) is 3.90. The third kappa shape index (κ3) is 7.10. The smallest absolute Gasteiger partial charge is 0.294 e. The van der Waals surface area contributed by atoms with Gasteiger partial charge in [-0.3, -0.25) is 19.3 Å². The summed E-state index contributed by atoms with van der Waals surface area (Å²) >= 11 is 3.05. The summed E-state index contributed by atoms with van der Waals surface area (Å²) in [6, 6.07) is 19.0. The van der Waals surface area contributed by atoms with Gasteiger partial charge in [0.05, 0.1) is 12.0 Å². The van der Waals surface area contributed by atoms with Crippen LogP contribution in [0, 0.1) is 10.5 Å². The van der Waals surface area contributed by atoms with Crippen LogP contribution in [-0.2, 0) is 22.6 Å². The molecule has 0 unspecified atom stereocenters. The summed E-state index contributed by atoms with van der Waals surface area (Å²) in [5, 5.41) is 2.26. The number of ether oxygens (including phenoxy) is 2. The lowest BCUT2D eigenvalue weighted by atomic mass is 10.0. The van der Waals surface area contributed by atoms with E-state index in [-0.39, 0.29) is 11.4 Å². The topological polar surface area (TPSA) is 84.9 Å². The van der Waals surface area contributed by atoms with Crippen molar-refractivity contribution in [2.24, 2.45) is 0 Å². The number of thioether (sulfide) groups is 1. The lowest BCUT2D eigenvalue weighted by Gasteiger charge is -2.16. The zero-order valence-electron chi connectivity index (χ0n) is 21.5. The van der Waals surface area contributed by atoms with E-state index >= 15 is 0 Å². The number of hydrogen-bond donors (Lipinski definition) is 1. The molecule has 9 heteroatoms. The maximum atomic E-state index is 13.1. The van der Waals surface area contributed by atoms with Crippen LogP contribution >= 0.6 is 34.4 Å². The van der Waals surface area contributed by atoms with E-state index in [9.17, 15) is 14.4 Å². The molecule has 7 nitrogen and oxygen atoms in total. The molecule has 1 N–H and O–H groups in total. The van der Waals surface area contributed by atoms with Gasteiger partial charge in [-0.2, -0.15) is 0 Å². The molecule has 1 saturated heterocycles. The van der Waals surface area contributed by atoms with Crippen LogP contribution in [-0.4, -0.2) is 35.6 Å². The Kier molecular flexibility index (Phi) is 9.47. The summed E-state index contributed by atoms with van der Waals surface area (Å²) in [7, 11) is 1.55. The second-order valence-corrected chi connectivity index (χ2v) is 11.0. The predicted octanol–water partition coefficient (Wildman–Crippen LogP) is 6.59. The van der Waals surface area contributed by atoms with E-state index in [0.29, 0.717) is 35.8 Å². The number of anilines is 1. The molecule has 0 spiro atoms. The monoisotopic (exact) mass is 654 g/mol. The largest absolute Gasteiger partial charge is 0.493 e. The van der Waals surface area contributed by atoms with Crippen molar-refractivity contribution < 1.29 is 23.9 Å². The molecular weight excluding hydrogens is 627 g/mol. The Morgan fingerprint density at radius 2 is 1.87 bits per heavy atom. The van der Waals surface area contributed by atoms with Gasteiger partial charge in [-0.05, 0) is 101 Å². The van der Waals surface area contributed by atoms with Crippen LogP contribution in [0.15, 0.2) is 78.2 Å². The fourth-order valence-corrected chi connectivity index (χ4v) is 5.16. The SMILES string of the molecule is C=CCc1cc(/C=C2/SC(=O)N(CC(=O)Nc3ccccc3C)C2=O)cc(OC)c1OCc1ccc(I)cc1. The van der Waals surface area contributed by atoms with Crippen molar-refractivity contribution in [2.75, 3.05) is 19.0 Å². The minimum Gasteiger partial charge on any atom is -0.493 e. The molecule has 4 rings (SSSR count). The fraction of sp³-hybridized carbons (Fsp3) is 0.167. The molecule has 0 aromatic heterocycles. The molecule has 3 amide bonds. The second-order valence-electron chi connectivity index (χ2n) is 8.75. The first kappa shape index (κ1) is 28.4. The van der Waals surface area contributed by atoms with Gasteiger partial charge in [0.2, 0.25) is 5.91 Å². The van der Waals surface area contributed by atoms with Crippen molar-refractivity contribution in [2.45, 2.75) is 20.0 Å². The molecule has 0 saturated carbocycles. The number of allylic oxidation sites excluding steroid dienone is 1. The van der Waals surface area contributed by atoms with Gasteiger partial charge in [0.25, 0.3) is 11.1 Å². The van der Waals surface area contributed by atoms with Crippen LogP contribution in [0.4, 0.5) is 10.5 Å². The number of benzene rings is 3. The van der Waals surface area contributed by atoms with E-state index in [4.69, 9.17) is 9.47 Å². The highest BCUT2D eigenvalue weighted by molar-refractivity contribution is 14.1. The van der Waals surface area contributed by atoms with E-state index in [1.54, 1.807) is 37.5 Å².